The maximum absolute atomic E-state index is 12.3. The van der Waals surface area contributed by atoms with E-state index in [2.05, 4.69) is 23.8 Å². The Hall–Kier alpha value is -1.36. The van der Waals surface area contributed by atoms with Gasteiger partial charge < -0.3 is 9.64 Å². The predicted octanol–water partition coefficient (Wildman–Crippen LogP) is 2.94. The van der Waals surface area contributed by atoms with Crippen molar-refractivity contribution in [1.82, 2.24) is 14.9 Å². The molecule has 0 saturated carbocycles. The van der Waals surface area contributed by atoms with Crippen LogP contribution >= 0.6 is 11.6 Å². The summed E-state index contributed by atoms with van der Waals surface area (Å²) in [5.74, 6) is 0.434. The number of piperidine rings is 1. The van der Waals surface area contributed by atoms with Gasteiger partial charge in [0.15, 0.2) is 0 Å². The van der Waals surface area contributed by atoms with Crippen molar-refractivity contribution in [3.63, 3.8) is 0 Å². The average molecular weight is 312 g/mol. The van der Waals surface area contributed by atoms with Crippen molar-refractivity contribution in [2.45, 2.75) is 45.6 Å². The lowest BCUT2D eigenvalue weighted by Gasteiger charge is -2.33. The number of amides is 1. The fraction of sp³-hybridized carbons (Fsp3) is 0.667. The molecule has 2 heterocycles. The summed E-state index contributed by atoms with van der Waals surface area (Å²) in [6.45, 7) is 5.63. The van der Waals surface area contributed by atoms with E-state index in [0.29, 0.717) is 11.0 Å². The van der Waals surface area contributed by atoms with Gasteiger partial charge in [0.1, 0.15) is 6.10 Å². The molecule has 6 heteroatoms. The third-order valence-electron chi connectivity index (χ3n) is 3.96. The lowest BCUT2D eigenvalue weighted by molar-refractivity contribution is -0.137. The van der Waals surface area contributed by atoms with E-state index in [1.807, 2.05) is 4.90 Å². The van der Waals surface area contributed by atoms with Gasteiger partial charge in [-0.05, 0) is 12.8 Å². The Morgan fingerprint density at radius 2 is 1.90 bits per heavy atom. The van der Waals surface area contributed by atoms with Gasteiger partial charge in [-0.1, -0.05) is 25.4 Å². The molecule has 1 aromatic rings. The van der Waals surface area contributed by atoms with Crippen LogP contribution in [0.15, 0.2) is 12.4 Å². The molecule has 116 valence electrons. The van der Waals surface area contributed by atoms with Crippen LogP contribution in [0.3, 0.4) is 0 Å². The van der Waals surface area contributed by atoms with E-state index in [0.717, 1.165) is 38.8 Å². The molecule has 1 saturated heterocycles. The molecular weight excluding hydrogens is 290 g/mol. The highest BCUT2D eigenvalue weighted by molar-refractivity contribution is 6.30. The van der Waals surface area contributed by atoms with Crippen LogP contribution in [0.1, 0.15) is 39.5 Å². The molecule has 1 amide bonds. The average Bonchev–Trinajstić information content (AvgIpc) is 2.51. The normalized spacial score (nSPS) is 16.3. The SMILES string of the molecule is CCC(CC)C(=O)N1CCC(Oc2ncc(Cl)cn2)CC1. The third-order valence-corrected chi connectivity index (χ3v) is 4.15. The first kappa shape index (κ1) is 16.0. The molecule has 1 fully saturated rings. The number of rotatable bonds is 5. The van der Waals surface area contributed by atoms with Gasteiger partial charge in [0.2, 0.25) is 5.91 Å². The van der Waals surface area contributed by atoms with Gasteiger partial charge in [-0.15, -0.1) is 0 Å². The highest BCUT2D eigenvalue weighted by Gasteiger charge is 2.27. The van der Waals surface area contributed by atoms with Gasteiger partial charge in [0.25, 0.3) is 0 Å². The molecule has 5 nitrogen and oxygen atoms in total. The number of carbonyl (C=O) groups excluding carboxylic acids is 1. The summed E-state index contributed by atoms with van der Waals surface area (Å²) in [5.41, 5.74) is 0. The minimum atomic E-state index is 0.0666. The quantitative estimate of drug-likeness (QED) is 0.839. The van der Waals surface area contributed by atoms with Gasteiger partial charge in [-0.25, -0.2) is 9.97 Å². The van der Waals surface area contributed by atoms with Gasteiger partial charge in [-0.3, -0.25) is 4.79 Å². The lowest BCUT2D eigenvalue weighted by Crippen LogP contribution is -2.44. The van der Waals surface area contributed by atoms with E-state index in [1.165, 1.54) is 12.4 Å². The van der Waals surface area contributed by atoms with Crippen LogP contribution in [-0.2, 0) is 4.79 Å². The highest BCUT2D eigenvalue weighted by atomic mass is 35.5. The number of ether oxygens (including phenoxy) is 1. The molecule has 0 spiro atoms. The monoisotopic (exact) mass is 311 g/mol. The second kappa shape index (κ2) is 7.59. The lowest BCUT2D eigenvalue weighted by atomic mass is 9.99. The number of carbonyl (C=O) groups is 1. The smallest absolute Gasteiger partial charge is 0.316 e. The zero-order valence-electron chi connectivity index (χ0n) is 12.6. The zero-order valence-corrected chi connectivity index (χ0v) is 13.3. The summed E-state index contributed by atoms with van der Waals surface area (Å²) in [6, 6.07) is 0.351. The maximum Gasteiger partial charge on any atom is 0.316 e. The van der Waals surface area contributed by atoms with Crippen LogP contribution in [0.4, 0.5) is 0 Å². The molecular formula is C15H22ClN3O2. The molecule has 0 N–H and O–H groups in total. The van der Waals surface area contributed by atoms with Crippen LogP contribution in [0.5, 0.6) is 6.01 Å². The first-order valence-electron chi connectivity index (χ1n) is 7.57. The predicted molar refractivity (Wildman–Crippen MR) is 81.3 cm³/mol. The molecule has 0 atom stereocenters. The number of nitrogens with zero attached hydrogens (tertiary/aromatic N) is 3. The Bertz CT molecular complexity index is 454. The molecule has 0 aromatic carbocycles. The Kier molecular flexibility index (Phi) is 5.79. The molecule has 1 aliphatic rings. The van der Waals surface area contributed by atoms with Crippen LogP contribution < -0.4 is 4.74 Å². The molecule has 1 aromatic heterocycles. The number of hydrogen-bond donors (Lipinski definition) is 0. The molecule has 0 aliphatic carbocycles. The van der Waals surface area contributed by atoms with E-state index in [-0.39, 0.29) is 17.9 Å². The summed E-state index contributed by atoms with van der Waals surface area (Å²) in [4.78, 5) is 22.3. The summed E-state index contributed by atoms with van der Waals surface area (Å²) < 4.78 is 5.73. The van der Waals surface area contributed by atoms with Crippen LogP contribution in [0.25, 0.3) is 0 Å². The van der Waals surface area contributed by atoms with Gasteiger partial charge >= 0.3 is 6.01 Å². The van der Waals surface area contributed by atoms with Gasteiger partial charge in [0.05, 0.1) is 17.4 Å². The highest BCUT2D eigenvalue weighted by Crippen LogP contribution is 2.20. The molecule has 0 radical (unpaired) electrons. The van der Waals surface area contributed by atoms with Crippen molar-refractivity contribution in [3.05, 3.63) is 17.4 Å². The van der Waals surface area contributed by atoms with E-state index in [9.17, 15) is 4.79 Å². The Labute approximate surface area is 130 Å². The van der Waals surface area contributed by atoms with Crippen LogP contribution in [0.2, 0.25) is 5.02 Å². The largest absolute Gasteiger partial charge is 0.460 e. The number of halogens is 1. The summed E-state index contributed by atoms with van der Waals surface area (Å²) in [7, 11) is 0. The van der Waals surface area contributed by atoms with Gasteiger partial charge in [-0.2, -0.15) is 0 Å². The van der Waals surface area contributed by atoms with Crippen molar-refractivity contribution in [3.8, 4) is 6.01 Å². The van der Waals surface area contributed by atoms with Gasteiger partial charge in [0, 0.05) is 31.8 Å². The minimum Gasteiger partial charge on any atom is -0.460 e. The van der Waals surface area contributed by atoms with E-state index >= 15 is 0 Å². The van der Waals surface area contributed by atoms with Crippen LogP contribution in [-0.4, -0.2) is 40.0 Å². The van der Waals surface area contributed by atoms with Crippen molar-refractivity contribution in [1.29, 1.82) is 0 Å². The number of likely N-dealkylation sites (tertiary alicyclic amines) is 1. The molecule has 2 rings (SSSR count). The van der Waals surface area contributed by atoms with E-state index < -0.39 is 0 Å². The molecule has 0 unspecified atom stereocenters. The van der Waals surface area contributed by atoms with E-state index in [1.54, 1.807) is 0 Å². The Balaban J connectivity index is 1.83. The molecule has 0 bridgehead atoms. The summed E-state index contributed by atoms with van der Waals surface area (Å²) >= 11 is 5.74. The molecule has 21 heavy (non-hydrogen) atoms. The second-order valence-electron chi connectivity index (χ2n) is 5.34. The fourth-order valence-electron chi connectivity index (χ4n) is 2.60. The summed E-state index contributed by atoms with van der Waals surface area (Å²) in [6.07, 6.45) is 6.56. The standard InChI is InChI=1S/C15H22ClN3O2/c1-3-11(4-2)14(20)19-7-5-13(6-8-19)21-15-17-9-12(16)10-18-15/h9-11,13H,3-8H2,1-2H3. The van der Waals surface area contributed by atoms with E-state index in [4.69, 9.17) is 16.3 Å². The van der Waals surface area contributed by atoms with Crippen molar-refractivity contribution in [2.24, 2.45) is 5.92 Å². The summed E-state index contributed by atoms with van der Waals surface area (Å²) in [5, 5.41) is 0.493. The first-order chi connectivity index (χ1) is 10.1. The third kappa shape index (κ3) is 4.30. The number of aromatic nitrogens is 2. The second-order valence-corrected chi connectivity index (χ2v) is 5.78. The van der Waals surface area contributed by atoms with Crippen LogP contribution in [0, 0.1) is 5.92 Å². The fourth-order valence-corrected chi connectivity index (χ4v) is 2.70. The van der Waals surface area contributed by atoms with Crippen molar-refractivity contribution in [2.75, 3.05) is 13.1 Å². The topological polar surface area (TPSA) is 55.3 Å². The zero-order chi connectivity index (χ0) is 15.2. The maximum atomic E-state index is 12.3. The Morgan fingerprint density at radius 1 is 1.33 bits per heavy atom. The molecule has 1 aliphatic heterocycles. The minimum absolute atomic E-state index is 0.0666. The first-order valence-corrected chi connectivity index (χ1v) is 7.94. The van der Waals surface area contributed by atoms with Crippen molar-refractivity contribution >= 4 is 17.5 Å². The van der Waals surface area contributed by atoms with Crippen molar-refractivity contribution < 1.29 is 9.53 Å². The Morgan fingerprint density at radius 3 is 2.43 bits per heavy atom. The number of hydrogen-bond acceptors (Lipinski definition) is 4.